The van der Waals surface area contributed by atoms with Crippen molar-refractivity contribution in [3.05, 3.63) is 0 Å². The summed E-state index contributed by atoms with van der Waals surface area (Å²) in [6.45, 7) is 5.67. The van der Waals surface area contributed by atoms with Crippen molar-refractivity contribution in [3.63, 3.8) is 0 Å². The van der Waals surface area contributed by atoms with Crippen LogP contribution in [0.3, 0.4) is 0 Å². The number of hydrogen-bond acceptors (Lipinski definition) is 2. The molecule has 0 aromatic rings. The molecule has 0 aromatic carbocycles. The molecule has 1 aliphatic carbocycles. The van der Waals surface area contributed by atoms with Crippen molar-refractivity contribution in [2.24, 2.45) is 11.8 Å². The highest BCUT2D eigenvalue weighted by Crippen LogP contribution is 2.28. The molecule has 88 valence electrons. The lowest BCUT2D eigenvalue weighted by Crippen LogP contribution is -2.34. The van der Waals surface area contributed by atoms with E-state index in [4.69, 9.17) is 4.74 Å². The topological polar surface area (TPSA) is 21.3 Å². The highest BCUT2D eigenvalue weighted by molar-refractivity contribution is 4.75. The van der Waals surface area contributed by atoms with Gasteiger partial charge in [-0.1, -0.05) is 26.2 Å². The van der Waals surface area contributed by atoms with E-state index in [1.165, 1.54) is 45.1 Å². The molecule has 0 aromatic heterocycles. The Morgan fingerprint density at radius 2 is 1.93 bits per heavy atom. The minimum absolute atomic E-state index is 0.504. The lowest BCUT2D eigenvalue weighted by atomic mass is 9.80. The maximum Gasteiger partial charge on any atom is 0.0700 e. The van der Waals surface area contributed by atoms with E-state index in [9.17, 15) is 0 Å². The molecule has 2 heteroatoms. The van der Waals surface area contributed by atoms with Crippen LogP contribution in [0.25, 0.3) is 0 Å². The lowest BCUT2D eigenvalue weighted by molar-refractivity contribution is 0.107. The highest BCUT2D eigenvalue weighted by atomic mass is 16.5. The summed E-state index contributed by atoms with van der Waals surface area (Å²) in [5, 5.41) is 3.60. The van der Waals surface area contributed by atoms with Crippen LogP contribution in [0.2, 0.25) is 0 Å². The van der Waals surface area contributed by atoms with Gasteiger partial charge in [-0.25, -0.2) is 0 Å². The standard InChI is InChI=1S/C13H25NO/c1-11-5-2-3-6-12(11)9-14-10-13-7-4-8-15-13/h11-14H,2-10H2,1H3/t11?,12?,13-/m1/s1. The predicted molar refractivity (Wildman–Crippen MR) is 63.0 cm³/mol. The summed E-state index contributed by atoms with van der Waals surface area (Å²) in [7, 11) is 0. The zero-order chi connectivity index (χ0) is 10.5. The Bertz CT molecular complexity index is 177. The van der Waals surface area contributed by atoms with Crippen LogP contribution in [-0.2, 0) is 4.74 Å². The normalized spacial score (nSPS) is 37.0. The van der Waals surface area contributed by atoms with Gasteiger partial charge >= 0.3 is 0 Å². The third kappa shape index (κ3) is 3.46. The molecule has 1 heterocycles. The molecule has 1 saturated heterocycles. The van der Waals surface area contributed by atoms with E-state index in [1.807, 2.05) is 0 Å². The fraction of sp³-hybridized carbons (Fsp3) is 1.00. The summed E-state index contributed by atoms with van der Waals surface area (Å²) >= 11 is 0. The maximum atomic E-state index is 5.61. The number of nitrogens with one attached hydrogen (secondary N) is 1. The molecule has 15 heavy (non-hydrogen) atoms. The molecule has 1 N–H and O–H groups in total. The minimum Gasteiger partial charge on any atom is -0.377 e. The second-order valence-electron chi connectivity index (χ2n) is 5.32. The molecular weight excluding hydrogens is 186 g/mol. The quantitative estimate of drug-likeness (QED) is 0.771. The van der Waals surface area contributed by atoms with Gasteiger partial charge in [-0.05, 0) is 37.6 Å². The van der Waals surface area contributed by atoms with Crippen LogP contribution in [0.5, 0.6) is 0 Å². The van der Waals surface area contributed by atoms with E-state index in [0.29, 0.717) is 6.10 Å². The summed E-state index contributed by atoms with van der Waals surface area (Å²) in [6.07, 6.45) is 8.77. The van der Waals surface area contributed by atoms with E-state index in [0.717, 1.165) is 25.0 Å². The van der Waals surface area contributed by atoms with Gasteiger partial charge in [0.15, 0.2) is 0 Å². The van der Waals surface area contributed by atoms with Crippen molar-refractivity contribution in [2.45, 2.75) is 51.6 Å². The van der Waals surface area contributed by atoms with E-state index in [-0.39, 0.29) is 0 Å². The van der Waals surface area contributed by atoms with Crippen molar-refractivity contribution in [1.29, 1.82) is 0 Å². The van der Waals surface area contributed by atoms with Crippen LogP contribution < -0.4 is 5.32 Å². The fourth-order valence-corrected chi connectivity index (χ4v) is 2.93. The predicted octanol–water partition coefficient (Wildman–Crippen LogP) is 2.58. The third-order valence-electron chi connectivity index (χ3n) is 4.09. The van der Waals surface area contributed by atoms with E-state index in [2.05, 4.69) is 12.2 Å². The van der Waals surface area contributed by atoms with Crippen LogP contribution in [0.4, 0.5) is 0 Å². The molecule has 0 spiro atoms. The largest absolute Gasteiger partial charge is 0.377 e. The smallest absolute Gasteiger partial charge is 0.0700 e. The first-order valence-corrected chi connectivity index (χ1v) is 6.68. The van der Waals surface area contributed by atoms with Crippen LogP contribution in [0, 0.1) is 11.8 Å². The highest BCUT2D eigenvalue weighted by Gasteiger charge is 2.21. The lowest BCUT2D eigenvalue weighted by Gasteiger charge is -2.29. The van der Waals surface area contributed by atoms with Gasteiger partial charge in [0.25, 0.3) is 0 Å². The van der Waals surface area contributed by atoms with Crippen LogP contribution in [0.15, 0.2) is 0 Å². The van der Waals surface area contributed by atoms with E-state index >= 15 is 0 Å². The van der Waals surface area contributed by atoms with Gasteiger partial charge in [-0.3, -0.25) is 0 Å². The number of ether oxygens (including phenoxy) is 1. The van der Waals surface area contributed by atoms with Crippen molar-refractivity contribution in [1.82, 2.24) is 5.32 Å². The first kappa shape index (κ1) is 11.4. The third-order valence-corrected chi connectivity index (χ3v) is 4.09. The first-order chi connectivity index (χ1) is 7.36. The minimum atomic E-state index is 0.504. The van der Waals surface area contributed by atoms with Gasteiger partial charge in [0.1, 0.15) is 0 Å². The Balaban J connectivity index is 1.59. The summed E-state index contributed by atoms with van der Waals surface area (Å²) in [5.74, 6) is 1.84. The fourth-order valence-electron chi connectivity index (χ4n) is 2.93. The van der Waals surface area contributed by atoms with Crippen LogP contribution >= 0.6 is 0 Å². The average molecular weight is 211 g/mol. The molecule has 3 atom stereocenters. The average Bonchev–Trinajstić information content (AvgIpc) is 2.74. The van der Waals surface area contributed by atoms with Crippen molar-refractivity contribution in [3.8, 4) is 0 Å². The molecule has 0 radical (unpaired) electrons. The van der Waals surface area contributed by atoms with Crippen LogP contribution in [0.1, 0.15) is 45.4 Å². The van der Waals surface area contributed by atoms with Gasteiger partial charge in [0.05, 0.1) is 6.10 Å². The van der Waals surface area contributed by atoms with Crippen LogP contribution in [-0.4, -0.2) is 25.8 Å². The maximum absolute atomic E-state index is 5.61. The molecule has 0 amide bonds. The molecular formula is C13H25NO. The zero-order valence-electron chi connectivity index (χ0n) is 10.0. The first-order valence-electron chi connectivity index (χ1n) is 6.68. The summed E-state index contributed by atoms with van der Waals surface area (Å²) in [6, 6.07) is 0. The summed E-state index contributed by atoms with van der Waals surface area (Å²) < 4.78 is 5.61. The monoisotopic (exact) mass is 211 g/mol. The van der Waals surface area contributed by atoms with Crippen molar-refractivity contribution in [2.75, 3.05) is 19.7 Å². The molecule has 2 unspecified atom stereocenters. The van der Waals surface area contributed by atoms with Crippen molar-refractivity contribution < 1.29 is 4.74 Å². The van der Waals surface area contributed by atoms with Gasteiger partial charge < -0.3 is 10.1 Å². The SMILES string of the molecule is CC1CCCCC1CNC[C@H]1CCCO1. The second kappa shape index (κ2) is 5.86. The van der Waals surface area contributed by atoms with E-state index in [1.54, 1.807) is 0 Å². The van der Waals surface area contributed by atoms with Gasteiger partial charge in [-0.15, -0.1) is 0 Å². The Hall–Kier alpha value is -0.0800. The molecule has 2 rings (SSSR count). The van der Waals surface area contributed by atoms with Gasteiger partial charge in [0, 0.05) is 13.2 Å². The molecule has 2 nitrogen and oxygen atoms in total. The Morgan fingerprint density at radius 1 is 1.07 bits per heavy atom. The Labute approximate surface area is 93.8 Å². The van der Waals surface area contributed by atoms with Crippen molar-refractivity contribution >= 4 is 0 Å². The molecule has 1 saturated carbocycles. The van der Waals surface area contributed by atoms with Gasteiger partial charge in [-0.2, -0.15) is 0 Å². The van der Waals surface area contributed by atoms with E-state index < -0.39 is 0 Å². The zero-order valence-corrected chi connectivity index (χ0v) is 10.0. The Kier molecular flexibility index (Phi) is 4.45. The summed E-state index contributed by atoms with van der Waals surface area (Å²) in [5.41, 5.74) is 0. The second-order valence-corrected chi connectivity index (χ2v) is 5.32. The Morgan fingerprint density at radius 3 is 2.67 bits per heavy atom. The molecule has 2 fully saturated rings. The molecule has 1 aliphatic heterocycles. The van der Waals surface area contributed by atoms with Gasteiger partial charge in [0.2, 0.25) is 0 Å². The number of rotatable bonds is 4. The number of hydrogen-bond donors (Lipinski definition) is 1. The molecule has 2 aliphatic rings. The molecule has 0 bridgehead atoms. The summed E-state index contributed by atoms with van der Waals surface area (Å²) in [4.78, 5) is 0.